The van der Waals surface area contributed by atoms with Gasteiger partial charge in [0.1, 0.15) is 0 Å². The molecule has 9 heavy (non-hydrogen) atoms. The van der Waals surface area contributed by atoms with Crippen LogP contribution in [0.1, 0.15) is 27.2 Å². The van der Waals surface area contributed by atoms with Crippen LogP contribution in [0.5, 0.6) is 0 Å². The molecule has 0 aromatic rings. The summed E-state index contributed by atoms with van der Waals surface area (Å²) in [6.07, 6.45) is 0.105. The molecule has 0 heterocycles. The van der Waals surface area contributed by atoms with Gasteiger partial charge < -0.3 is 10.2 Å². The molecule has 0 saturated heterocycles. The molecule has 0 amide bonds. The Kier molecular flexibility index (Phi) is 3.15. The third-order valence-corrected chi connectivity index (χ3v) is 1.06. The van der Waals surface area contributed by atoms with Crippen LogP contribution in [0, 0.1) is 5.41 Å². The minimum atomic E-state index is -0.551. The largest absolute Gasteiger partial charge is 0.394 e. The van der Waals surface area contributed by atoms with Crippen molar-refractivity contribution in [2.24, 2.45) is 5.41 Å². The summed E-state index contributed by atoms with van der Waals surface area (Å²) in [5.41, 5.74) is 0.113. The summed E-state index contributed by atoms with van der Waals surface area (Å²) in [7, 11) is 0. The Balaban J connectivity index is 3.47. The summed E-state index contributed by atoms with van der Waals surface area (Å²) in [5.74, 6) is 0. The molecule has 0 spiro atoms. The molecule has 0 aliphatic carbocycles. The molecule has 0 fully saturated rings. The van der Waals surface area contributed by atoms with Crippen LogP contribution in [0.25, 0.3) is 0 Å². The van der Waals surface area contributed by atoms with E-state index < -0.39 is 6.10 Å². The molecule has 0 aromatic heterocycles. The van der Waals surface area contributed by atoms with Crippen molar-refractivity contribution in [1.29, 1.82) is 0 Å². The van der Waals surface area contributed by atoms with E-state index in [2.05, 4.69) is 0 Å². The predicted molar refractivity (Wildman–Crippen MR) is 37.2 cm³/mol. The second-order valence-corrected chi connectivity index (χ2v) is 3.60. The van der Waals surface area contributed by atoms with Gasteiger partial charge in [0, 0.05) is 0 Å². The Labute approximate surface area is 56.5 Å². The van der Waals surface area contributed by atoms with Gasteiger partial charge in [-0.1, -0.05) is 20.8 Å². The molecule has 0 radical (unpaired) electrons. The van der Waals surface area contributed by atoms with E-state index in [4.69, 9.17) is 10.2 Å². The Morgan fingerprint density at radius 1 is 1.33 bits per heavy atom. The van der Waals surface area contributed by atoms with Crippen LogP contribution in [0.15, 0.2) is 0 Å². The van der Waals surface area contributed by atoms with E-state index >= 15 is 0 Å². The highest BCUT2D eigenvalue weighted by Gasteiger charge is 2.15. The average molecular weight is 132 g/mol. The fourth-order valence-corrected chi connectivity index (χ4v) is 0.771. The van der Waals surface area contributed by atoms with E-state index in [0.29, 0.717) is 6.42 Å². The number of hydrogen-bond donors (Lipinski definition) is 2. The van der Waals surface area contributed by atoms with Gasteiger partial charge in [0.15, 0.2) is 0 Å². The van der Waals surface area contributed by atoms with Gasteiger partial charge in [-0.3, -0.25) is 0 Å². The summed E-state index contributed by atoms with van der Waals surface area (Å²) < 4.78 is 0. The van der Waals surface area contributed by atoms with Crippen molar-refractivity contribution in [3.8, 4) is 0 Å². The van der Waals surface area contributed by atoms with E-state index in [1.165, 1.54) is 0 Å². The Bertz CT molecular complexity index is 73.5. The molecule has 2 nitrogen and oxygen atoms in total. The molecule has 0 bridgehead atoms. The first-order chi connectivity index (χ1) is 3.95. The SMILES string of the molecule is CC(C)(C)C[C@@H](O)CO. The van der Waals surface area contributed by atoms with Crippen molar-refractivity contribution in [3.05, 3.63) is 0 Å². The normalized spacial score (nSPS) is 15.7. The molecule has 0 aliphatic rings. The van der Waals surface area contributed by atoms with Gasteiger partial charge in [-0.15, -0.1) is 0 Å². The van der Waals surface area contributed by atoms with Crippen molar-refractivity contribution >= 4 is 0 Å². The van der Waals surface area contributed by atoms with E-state index in [-0.39, 0.29) is 12.0 Å². The van der Waals surface area contributed by atoms with Gasteiger partial charge in [0.25, 0.3) is 0 Å². The van der Waals surface area contributed by atoms with Gasteiger partial charge in [0.2, 0.25) is 0 Å². The predicted octanol–water partition coefficient (Wildman–Crippen LogP) is 0.776. The fourth-order valence-electron chi connectivity index (χ4n) is 0.771. The minimum Gasteiger partial charge on any atom is -0.394 e. The first-order valence-corrected chi connectivity index (χ1v) is 3.24. The van der Waals surface area contributed by atoms with Gasteiger partial charge in [-0.25, -0.2) is 0 Å². The lowest BCUT2D eigenvalue weighted by Gasteiger charge is -2.20. The molecule has 0 aromatic carbocycles. The highest BCUT2D eigenvalue weighted by Crippen LogP contribution is 2.20. The first-order valence-electron chi connectivity index (χ1n) is 3.24. The molecule has 0 rings (SSSR count). The fraction of sp³-hybridized carbons (Fsp3) is 1.00. The maximum atomic E-state index is 8.94. The van der Waals surface area contributed by atoms with E-state index in [1.807, 2.05) is 20.8 Å². The zero-order chi connectivity index (χ0) is 7.49. The van der Waals surface area contributed by atoms with Crippen LogP contribution < -0.4 is 0 Å². The van der Waals surface area contributed by atoms with Gasteiger partial charge >= 0.3 is 0 Å². The highest BCUT2D eigenvalue weighted by molar-refractivity contribution is 4.66. The average Bonchev–Trinajstić information content (AvgIpc) is 1.62. The highest BCUT2D eigenvalue weighted by atomic mass is 16.3. The van der Waals surface area contributed by atoms with Gasteiger partial charge in [-0.2, -0.15) is 0 Å². The van der Waals surface area contributed by atoms with Crippen LogP contribution in [-0.2, 0) is 0 Å². The first kappa shape index (κ1) is 8.92. The number of aliphatic hydroxyl groups is 2. The van der Waals surface area contributed by atoms with E-state index in [1.54, 1.807) is 0 Å². The standard InChI is InChI=1S/C7H16O2/c1-7(2,3)4-6(9)5-8/h6,8-9H,4-5H2,1-3H3/t6-/m1/s1. The third kappa shape index (κ3) is 5.80. The van der Waals surface area contributed by atoms with Crippen LogP contribution in [0.2, 0.25) is 0 Å². The molecular formula is C7H16O2. The number of hydrogen-bond acceptors (Lipinski definition) is 2. The van der Waals surface area contributed by atoms with Crippen molar-refractivity contribution in [3.63, 3.8) is 0 Å². The second kappa shape index (κ2) is 3.18. The van der Waals surface area contributed by atoms with Crippen LogP contribution in [-0.4, -0.2) is 22.9 Å². The van der Waals surface area contributed by atoms with Crippen molar-refractivity contribution in [2.45, 2.75) is 33.3 Å². The summed E-state index contributed by atoms with van der Waals surface area (Å²) in [6.45, 7) is 5.97. The Morgan fingerprint density at radius 3 is 1.89 bits per heavy atom. The lowest BCUT2D eigenvalue weighted by Crippen LogP contribution is -2.20. The lowest BCUT2D eigenvalue weighted by atomic mass is 9.89. The topological polar surface area (TPSA) is 40.5 Å². The number of aliphatic hydroxyl groups excluding tert-OH is 2. The van der Waals surface area contributed by atoms with Crippen LogP contribution >= 0.6 is 0 Å². The molecule has 56 valence electrons. The Hall–Kier alpha value is -0.0800. The molecule has 2 N–H and O–H groups in total. The van der Waals surface area contributed by atoms with Crippen LogP contribution in [0.3, 0.4) is 0 Å². The second-order valence-electron chi connectivity index (χ2n) is 3.60. The summed E-state index contributed by atoms with van der Waals surface area (Å²) in [5, 5.41) is 17.4. The summed E-state index contributed by atoms with van der Waals surface area (Å²) in [6, 6.07) is 0. The molecule has 2 heteroatoms. The summed E-state index contributed by atoms with van der Waals surface area (Å²) in [4.78, 5) is 0. The van der Waals surface area contributed by atoms with Crippen molar-refractivity contribution in [1.82, 2.24) is 0 Å². The molecule has 1 atom stereocenters. The van der Waals surface area contributed by atoms with Gasteiger partial charge in [0.05, 0.1) is 12.7 Å². The number of rotatable bonds is 2. The van der Waals surface area contributed by atoms with Crippen LogP contribution in [0.4, 0.5) is 0 Å². The third-order valence-electron chi connectivity index (χ3n) is 1.06. The van der Waals surface area contributed by atoms with E-state index in [0.717, 1.165) is 0 Å². The quantitative estimate of drug-likeness (QED) is 0.582. The van der Waals surface area contributed by atoms with Crippen molar-refractivity contribution < 1.29 is 10.2 Å². The minimum absolute atomic E-state index is 0.113. The maximum absolute atomic E-state index is 8.94. The van der Waals surface area contributed by atoms with Crippen molar-refractivity contribution in [2.75, 3.05) is 6.61 Å². The molecule has 0 aliphatic heterocycles. The lowest BCUT2D eigenvalue weighted by molar-refractivity contribution is 0.0612. The monoisotopic (exact) mass is 132 g/mol. The maximum Gasteiger partial charge on any atom is 0.0775 e. The zero-order valence-corrected chi connectivity index (χ0v) is 6.39. The van der Waals surface area contributed by atoms with E-state index in [9.17, 15) is 0 Å². The van der Waals surface area contributed by atoms with Gasteiger partial charge in [-0.05, 0) is 11.8 Å². The zero-order valence-electron chi connectivity index (χ0n) is 6.39. The Morgan fingerprint density at radius 2 is 1.78 bits per heavy atom. The molecule has 0 saturated carbocycles. The smallest absolute Gasteiger partial charge is 0.0775 e. The molecule has 0 unspecified atom stereocenters. The molecular weight excluding hydrogens is 116 g/mol. The summed E-state index contributed by atoms with van der Waals surface area (Å²) >= 11 is 0.